The lowest BCUT2D eigenvalue weighted by Crippen LogP contribution is -2.42. The van der Waals surface area contributed by atoms with Gasteiger partial charge >= 0.3 is 0 Å². The van der Waals surface area contributed by atoms with Gasteiger partial charge in [0, 0.05) is 12.7 Å². The number of hydrogen-bond donors (Lipinski definition) is 0. The van der Waals surface area contributed by atoms with Crippen LogP contribution >= 0.6 is 0 Å². The molecule has 1 saturated heterocycles. The van der Waals surface area contributed by atoms with Gasteiger partial charge in [0.25, 0.3) is 0 Å². The molecule has 4 nitrogen and oxygen atoms in total. The van der Waals surface area contributed by atoms with Crippen molar-refractivity contribution in [3.63, 3.8) is 0 Å². The van der Waals surface area contributed by atoms with E-state index in [1.165, 1.54) is 0 Å². The van der Waals surface area contributed by atoms with Crippen LogP contribution in [0.5, 0.6) is 11.5 Å². The molecule has 0 bridgehead atoms. The first-order valence-electron chi connectivity index (χ1n) is 6.92. The van der Waals surface area contributed by atoms with Crippen LogP contribution in [0, 0.1) is 5.92 Å². The molecule has 0 aromatic heterocycles. The highest BCUT2D eigenvalue weighted by Gasteiger charge is 2.42. The minimum atomic E-state index is -0.215. The Balaban J connectivity index is 2.00. The summed E-state index contributed by atoms with van der Waals surface area (Å²) in [4.78, 5) is 0. The number of ether oxygens (including phenoxy) is 4. The van der Waals surface area contributed by atoms with Crippen LogP contribution in [0.2, 0.25) is 0 Å². The van der Waals surface area contributed by atoms with Gasteiger partial charge in [0.2, 0.25) is 6.29 Å². The number of fused-ring (bicyclic) bond motifs is 2. The molecule has 0 radical (unpaired) electrons. The van der Waals surface area contributed by atoms with E-state index in [4.69, 9.17) is 18.9 Å². The Morgan fingerprint density at radius 3 is 3.05 bits per heavy atom. The zero-order valence-corrected chi connectivity index (χ0v) is 11.4. The van der Waals surface area contributed by atoms with Gasteiger partial charge in [-0.2, -0.15) is 0 Å². The summed E-state index contributed by atoms with van der Waals surface area (Å²) in [5.74, 6) is 1.82. The van der Waals surface area contributed by atoms with Crippen LogP contribution < -0.4 is 9.47 Å². The van der Waals surface area contributed by atoms with Gasteiger partial charge in [0.15, 0.2) is 11.5 Å². The van der Waals surface area contributed by atoms with Gasteiger partial charge in [-0.25, -0.2) is 0 Å². The zero-order valence-electron chi connectivity index (χ0n) is 11.4. The lowest BCUT2D eigenvalue weighted by Gasteiger charge is -2.41. The van der Waals surface area contributed by atoms with E-state index in [2.05, 4.69) is 6.07 Å². The van der Waals surface area contributed by atoms with E-state index >= 15 is 0 Å². The van der Waals surface area contributed by atoms with Crippen LogP contribution in [-0.2, 0) is 9.47 Å². The largest absolute Gasteiger partial charge is 0.490 e. The fourth-order valence-electron chi connectivity index (χ4n) is 2.99. The highest BCUT2D eigenvalue weighted by molar-refractivity contribution is 5.49. The normalized spacial score (nSPS) is 29.1. The maximum absolute atomic E-state index is 6.02. The molecule has 0 amide bonds. The molecule has 3 atom stereocenters. The van der Waals surface area contributed by atoms with E-state index in [0.29, 0.717) is 6.61 Å². The van der Waals surface area contributed by atoms with Gasteiger partial charge in [-0.3, -0.25) is 0 Å². The van der Waals surface area contributed by atoms with E-state index in [1.54, 1.807) is 7.11 Å². The molecule has 0 saturated carbocycles. The van der Waals surface area contributed by atoms with Crippen molar-refractivity contribution in [1.29, 1.82) is 0 Å². The van der Waals surface area contributed by atoms with Crippen LogP contribution in [0.4, 0.5) is 0 Å². The lowest BCUT2D eigenvalue weighted by molar-refractivity contribution is -0.186. The molecule has 2 aliphatic heterocycles. The third-order valence-electron chi connectivity index (χ3n) is 3.81. The Labute approximate surface area is 113 Å². The minimum absolute atomic E-state index is 0.0226. The highest BCUT2D eigenvalue weighted by atomic mass is 16.7. The zero-order chi connectivity index (χ0) is 13.2. The van der Waals surface area contributed by atoms with Crippen molar-refractivity contribution in [1.82, 2.24) is 0 Å². The molecule has 104 valence electrons. The summed E-state index contributed by atoms with van der Waals surface area (Å²) in [6, 6.07) is 5.97. The third-order valence-corrected chi connectivity index (χ3v) is 3.81. The van der Waals surface area contributed by atoms with Crippen LogP contribution in [0.25, 0.3) is 0 Å². The van der Waals surface area contributed by atoms with Crippen molar-refractivity contribution < 1.29 is 18.9 Å². The fourth-order valence-corrected chi connectivity index (χ4v) is 2.99. The summed E-state index contributed by atoms with van der Waals surface area (Å²) in [6.45, 7) is 3.34. The van der Waals surface area contributed by atoms with E-state index in [-0.39, 0.29) is 18.3 Å². The van der Waals surface area contributed by atoms with Crippen molar-refractivity contribution in [2.24, 2.45) is 5.92 Å². The molecule has 0 aliphatic carbocycles. The monoisotopic (exact) mass is 264 g/mol. The highest BCUT2D eigenvalue weighted by Crippen LogP contribution is 2.48. The average Bonchev–Trinajstić information content (AvgIpc) is 2.45. The molecule has 2 aliphatic rings. The van der Waals surface area contributed by atoms with Crippen molar-refractivity contribution in [2.75, 3.05) is 20.3 Å². The second kappa shape index (κ2) is 5.39. The standard InChI is InChI=1S/C15H20O4/c1-3-17-12-8-4-6-10-13(16-2)11-7-5-9-18-15(11)19-14(10)12/h4,6,8,11,13,15H,3,5,7,9H2,1-2H3/t11-,13-,15+/m1/s1. The second-order valence-electron chi connectivity index (χ2n) is 4.93. The quantitative estimate of drug-likeness (QED) is 0.841. The van der Waals surface area contributed by atoms with Gasteiger partial charge in [-0.15, -0.1) is 0 Å². The van der Waals surface area contributed by atoms with Crippen molar-refractivity contribution in [2.45, 2.75) is 32.2 Å². The Morgan fingerprint density at radius 2 is 2.26 bits per heavy atom. The van der Waals surface area contributed by atoms with E-state index in [1.807, 2.05) is 19.1 Å². The molecule has 1 aromatic carbocycles. The molecule has 19 heavy (non-hydrogen) atoms. The molecule has 3 rings (SSSR count). The summed E-state index contributed by atoms with van der Waals surface area (Å²) >= 11 is 0. The SMILES string of the molecule is CCOc1cccc2c1O[C@@H]1OCCC[C@@H]1[C@@H]2OC. The number of para-hydroxylation sites is 1. The molecule has 2 heterocycles. The Kier molecular flexibility index (Phi) is 3.62. The van der Waals surface area contributed by atoms with Gasteiger partial charge < -0.3 is 18.9 Å². The van der Waals surface area contributed by atoms with Crippen LogP contribution in [-0.4, -0.2) is 26.6 Å². The number of rotatable bonds is 3. The third kappa shape index (κ3) is 2.19. The molecule has 0 spiro atoms. The van der Waals surface area contributed by atoms with Crippen molar-refractivity contribution in [3.8, 4) is 11.5 Å². The van der Waals surface area contributed by atoms with E-state index in [9.17, 15) is 0 Å². The summed E-state index contributed by atoms with van der Waals surface area (Å²) in [5.41, 5.74) is 1.07. The maximum Gasteiger partial charge on any atom is 0.205 e. The van der Waals surface area contributed by atoms with Gasteiger partial charge in [-0.1, -0.05) is 12.1 Å². The Hall–Kier alpha value is -1.26. The number of methoxy groups -OCH3 is 1. The van der Waals surface area contributed by atoms with Crippen molar-refractivity contribution >= 4 is 0 Å². The van der Waals surface area contributed by atoms with Crippen LogP contribution in [0.1, 0.15) is 31.4 Å². The molecule has 1 fully saturated rings. The van der Waals surface area contributed by atoms with Gasteiger partial charge in [-0.05, 0) is 25.8 Å². The van der Waals surface area contributed by atoms with Crippen LogP contribution in [0.15, 0.2) is 18.2 Å². The molecular formula is C15H20O4. The Morgan fingerprint density at radius 1 is 1.37 bits per heavy atom. The van der Waals surface area contributed by atoms with Crippen LogP contribution in [0.3, 0.4) is 0 Å². The Bertz CT molecular complexity index is 446. The summed E-state index contributed by atoms with van der Waals surface area (Å²) in [6.07, 6.45) is 1.94. The lowest BCUT2D eigenvalue weighted by atomic mass is 9.87. The summed E-state index contributed by atoms with van der Waals surface area (Å²) in [7, 11) is 1.75. The molecular weight excluding hydrogens is 244 g/mol. The topological polar surface area (TPSA) is 36.9 Å². The molecule has 0 unspecified atom stereocenters. The summed E-state index contributed by atoms with van der Waals surface area (Å²) in [5, 5.41) is 0. The first kappa shape index (κ1) is 12.8. The maximum atomic E-state index is 6.02. The predicted molar refractivity (Wildman–Crippen MR) is 70.5 cm³/mol. The van der Waals surface area contributed by atoms with Gasteiger partial charge in [0.05, 0.1) is 25.2 Å². The minimum Gasteiger partial charge on any atom is -0.490 e. The fraction of sp³-hybridized carbons (Fsp3) is 0.600. The number of benzene rings is 1. The second-order valence-corrected chi connectivity index (χ2v) is 4.93. The van der Waals surface area contributed by atoms with E-state index < -0.39 is 0 Å². The predicted octanol–water partition coefficient (Wildman–Crippen LogP) is 2.92. The molecule has 1 aromatic rings. The van der Waals surface area contributed by atoms with Gasteiger partial charge in [0.1, 0.15) is 0 Å². The first-order chi connectivity index (χ1) is 9.35. The molecule has 0 N–H and O–H groups in total. The van der Waals surface area contributed by atoms with E-state index in [0.717, 1.165) is 36.5 Å². The molecule has 4 heteroatoms. The summed E-state index contributed by atoms with van der Waals surface area (Å²) < 4.78 is 23.1. The smallest absolute Gasteiger partial charge is 0.205 e. The van der Waals surface area contributed by atoms with Crippen molar-refractivity contribution in [3.05, 3.63) is 23.8 Å². The average molecular weight is 264 g/mol. The number of hydrogen-bond acceptors (Lipinski definition) is 4. The first-order valence-corrected chi connectivity index (χ1v) is 6.92.